The van der Waals surface area contributed by atoms with E-state index in [9.17, 15) is 19.1 Å². The van der Waals surface area contributed by atoms with Crippen LogP contribution in [0, 0.1) is 5.82 Å². The Kier molecular flexibility index (Phi) is 6.09. The summed E-state index contributed by atoms with van der Waals surface area (Å²) >= 11 is 0. The Morgan fingerprint density at radius 2 is 1.89 bits per heavy atom. The summed E-state index contributed by atoms with van der Waals surface area (Å²) in [6, 6.07) is 10.7. The van der Waals surface area contributed by atoms with Crippen molar-refractivity contribution in [2.24, 2.45) is 0 Å². The quantitative estimate of drug-likeness (QED) is 0.608. The molecule has 1 aliphatic carbocycles. The van der Waals surface area contributed by atoms with Gasteiger partial charge >= 0.3 is 12.1 Å². The van der Waals surface area contributed by atoms with Crippen molar-refractivity contribution in [1.82, 2.24) is 0 Å². The van der Waals surface area contributed by atoms with Crippen LogP contribution in [-0.2, 0) is 14.9 Å². The topological polar surface area (TPSA) is 79.3 Å². The lowest BCUT2D eigenvalue weighted by atomic mass is 9.73. The Morgan fingerprint density at radius 1 is 1.14 bits per heavy atom. The molecular weight excluding hydrogens is 463 g/mol. The second kappa shape index (κ2) is 8.98. The average molecular weight is 497 g/mol. The molecule has 5 rings (SSSR count). The summed E-state index contributed by atoms with van der Waals surface area (Å²) in [5.74, 6) is -0.521. The van der Waals surface area contributed by atoms with E-state index in [1.54, 1.807) is 17.0 Å². The number of carbonyl (C=O) groups excluding carboxylic acids is 1. The molecule has 2 aliphatic heterocycles. The van der Waals surface area contributed by atoms with Crippen molar-refractivity contribution in [3.63, 3.8) is 0 Å². The largest absolute Gasteiger partial charge is 0.489 e. The molecule has 1 fully saturated rings. The van der Waals surface area contributed by atoms with E-state index in [1.807, 2.05) is 39.0 Å². The normalized spacial score (nSPS) is 20.5. The minimum absolute atomic E-state index is 0.0698. The zero-order valence-corrected chi connectivity index (χ0v) is 21.1. The van der Waals surface area contributed by atoms with Gasteiger partial charge in [-0.3, -0.25) is 9.69 Å². The van der Waals surface area contributed by atoms with E-state index >= 15 is 0 Å². The first-order valence-electron chi connectivity index (χ1n) is 12.6. The molecule has 0 radical (unpaired) electrons. The van der Waals surface area contributed by atoms with Crippen LogP contribution in [0.25, 0.3) is 0 Å². The Morgan fingerprint density at radius 3 is 2.58 bits per heavy atom. The molecule has 1 N–H and O–H groups in total. The number of anilines is 2. The van der Waals surface area contributed by atoms with Crippen molar-refractivity contribution < 1.29 is 28.6 Å². The fourth-order valence-corrected chi connectivity index (χ4v) is 6.01. The third-order valence-electron chi connectivity index (χ3n) is 7.59. The third kappa shape index (κ3) is 4.61. The van der Waals surface area contributed by atoms with Crippen LogP contribution in [0.2, 0.25) is 0 Å². The first-order valence-corrected chi connectivity index (χ1v) is 12.6. The van der Waals surface area contributed by atoms with E-state index in [-0.39, 0.29) is 29.7 Å². The number of ether oxygens (including phenoxy) is 2. The summed E-state index contributed by atoms with van der Waals surface area (Å²) < 4.78 is 25.7. The van der Waals surface area contributed by atoms with Crippen LogP contribution in [0.4, 0.5) is 20.6 Å². The molecular formula is C28H33FN2O5. The first kappa shape index (κ1) is 24.4. The Hall–Kier alpha value is -3.29. The number of hydrogen-bond donors (Lipinski definition) is 1. The van der Waals surface area contributed by atoms with E-state index in [1.165, 1.54) is 6.07 Å². The molecule has 192 valence electrons. The van der Waals surface area contributed by atoms with Gasteiger partial charge in [0.15, 0.2) is 0 Å². The van der Waals surface area contributed by atoms with Crippen LogP contribution < -0.4 is 14.5 Å². The van der Waals surface area contributed by atoms with Crippen LogP contribution in [0.1, 0.15) is 63.5 Å². The lowest BCUT2D eigenvalue weighted by Gasteiger charge is -2.42. The van der Waals surface area contributed by atoms with Gasteiger partial charge < -0.3 is 19.5 Å². The molecule has 8 heteroatoms. The SMILES string of the molecule is CC(C)(C)OC(=O)N1CCOc2cc(N3CCC4(CC3)CC(CC(=O)O)c3ccc(F)cc34)ccc21. The lowest BCUT2D eigenvalue weighted by Crippen LogP contribution is -2.42. The number of rotatable bonds is 3. The smallest absolute Gasteiger partial charge is 0.415 e. The van der Waals surface area contributed by atoms with Crippen LogP contribution in [0.15, 0.2) is 36.4 Å². The molecule has 2 aromatic carbocycles. The van der Waals surface area contributed by atoms with Crippen LogP contribution >= 0.6 is 0 Å². The standard InChI is InChI=1S/C28H33FN2O5/c1-27(2,3)36-26(34)31-12-13-35-24-16-20(5-7-23(24)31)30-10-8-28(9-11-30)17-18(14-25(32)33)21-6-4-19(29)15-22(21)28/h4-7,15-16,18H,8-14,17H2,1-3H3,(H,32,33). The second-order valence-electron chi connectivity index (χ2n) is 11.1. The van der Waals surface area contributed by atoms with Gasteiger partial charge in [-0.15, -0.1) is 0 Å². The summed E-state index contributed by atoms with van der Waals surface area (Å²) in [5, 5.41) is 9.41. The lowest BCUT2D eigenvalue weighted by molar-refractivity contribution is -0.137. The molecule has 1 unspecified atom stereocenters. The summed E-state index contributed by atoms with van der Waals surface area (Å²) in [6.07, 6.45) is 2.07. The molecule has 0 saturated carbocycles. The van der Waals surface area contributed by atoms with E-state index in [0.717, 1.165) is 49.2 Å². The molecule has 1 spiro atoms. The number of benzene rings is 2. The number of carbonyl (C=O) groups is 2. The van der Waals surface area contributed by atoms with Crippen molar-refractivity contribution >= 4 is 23.4 Å². The highest BCUT2D eigenvalue weighted by molar-refractivity contribution is 5.91. The van der Waals surface area contributed by atoms with Gasteiger partial charge in [-0.2, -0.15) is 0 Å². The Balaban J connectivity index is 1.33. The fourth-order valence-electron chi connectivity index (χ4n) is 6.01. The monoisotopic (exact) mass is 496 g/mol. The van der Waals surface area contributed by atoms with Crippen LogP contribution in [0.3, 0.4) is 0 Å². The summed E-state index contributed by atoms with van der Waals surface area (Å²) in [5.41, 5.74) is 2.89. The number of nitrogens with zero attached hydrogens (tertiary/aromatic N) is 2. The predicted molar refractivity (Wildman–Crippen MR) is 135 cm³/mol. The van der Waals surface area contributed by atoms with Crippen molar-refractivity contribution in [2.45, 2.75) is 63.4 Å². The number of fused-ring (bicyclic) bond motifs is 3. The summed E-state index contributed by atoms with van der Waals surface area (Å²) in [6.45, 7) is 7.90. The molecule has 36 heavy (non-hydrogen) atoms. The first-order chi connectivity index (χ1) is 17.0. The summed E-state index contributed by atoms with van der Waals surface area (Å²) in [4.78, 5) is 28.1. The van der Waals surface area contributed by atoms with Crippen molar-refractivity contribution in [3.8, 4) is 5.75 Å². The summed E-state index contributed by atoms with van der Waals surface area (Å²) in [7, 11) is 0. The maximum atomic E-state index is 14.2. The zero-order valence-electron chi connectivity index (χ0n) is 21.1. The zero-order chi connectivity index (χ0) is 25.7. The van der Waals surface area contributed by atoms with Crippen molar-refractivity contribution in [1.29, 1.82) is 0 Å². The molecule has 0 aromatic heterocycles. The molecule has 1 amide bonds. The van der Waals surface area contributed by atoms with Crippen molar-refractivity contribution in [3.05, 3.63) is 53.3 Å². The highest BCUT2D eigenvalue weighted by Gasteiger charge is 2.46. The van der Waals surface area contributed by atoms with Gasteiger partial charge in [0.1, 0.15) is 23.8 Å². The van der Waals surface area contributed by atoms with Gasteiger partial charge in [0.2, 0.25) is 0 Å². The maximum absolute atomic E-state index is 14.2. The number of carboxylic acid groups (broad SMARTS) is 1. The van der Waals surface area contributed by atoms with E-state index in [0.29, 0.717) is 24.6 Å². The minimum atomic E-state index is -0.820. The minimum Gasteiger partial charge on any atom is -0.489 e. The molecule has 3 aliphatic rings. The average Bonchev–Trinajstić information content (AvgIpc) is 3.09. The van der Waals surface area contributed by atoms with Gasteiger partial charge in [-0.05, 0) is 86.8 Å². The fraction of sp³-hybridized carbons (Fsp3) is 0.500. The molecule has 0 bridgehead atoms. The van der Waals surface area contributed by atoms with Gasteiger partial charge in [0.05, 0.1) is 18.7 Å². The highest BCUT2D eigenvalue weighted by atomic mass is 19.1. The molecule has 1 atom stereocenters. The maximum Gasteiger partial charge on any atom is 0.415 e. The van der Waals surface area contributed by atoms with Crippen LogP contribution in [-0.4, -0.2) is 49.0 Å². The Labute approximate surface area is 210 Å². The number of aliphatic carboxylic acids is 1. The number of halogens is 1. The van der Waals surface area contributed by atoms with E-state index < -0.39 is 11.6 Å². The predicted octanol–water partition coefficient (Wildman–Crippen LogP) is 5.46. The Bertz CT molecular complexity index is 1180. The number of hydrogen-bond acceptors (Lipinski definition) is 5. The highest BCUT2D eigenvalue weighted by Crippen LogP contribution is 2.53. The second-order valence-corrected chi connectivity index (χ2v) is 11.1. The molecule has 7 nitrogen and oxygen atoms in total. The van der Waals surface area contributed by atoms with Gasteiger partial charge in [-0.1, -0.05) is 6.07 Å². The number of amides is 1. The molecule has 2 heterocycles. The molecule has 2 aromatic rings. The van der Waals surface area contributed by atoms with Gasteiger partial charge in [-0.25, -0.2) is 9.18 Å². The van der Waals surface area contributed by atoms with E-state index in [2.05, 4.69) is 4.90 Å². The van der Waals surface area contributed by atoms with Gasteiger partial charge in [0, 0.05) is 24.8 Å². The molecule has 1 saturated heterocycles. The number of piperidine rings is 1. The number of carboxylic acids is 1. The third-order valence-corrected chi connectivity index (χ3v) is 7.59. The van der Waals surface area contributed by atoms with E-state index in [4.69, 9.17) is 9.47 Å². The van der Waals surface area contributed by atoms with Crippen molar-refractivity contribution in [2.75, 3.05) is 36.0 Å². The van der Waals surface area contributed by atoms with Gasteiger partial charge in [0.25, 0.3) is 0 Å². The van der Waals surface area contributed by atoms with Crippen LogP contribution in [0.5, 0.6) is 5.75 Å².